The molecule has 1 aliphatic heterocycles. The fraction of sp³-hybridized carbons (Fsp3) is 0.375. The molecule has 0 atom stereocenters. The van der Waals surface area contributed by atoms with Gasteiger partial charge in [0.15, 0.2) is 0 Å². The van der Waals surface area contributed by atoms with Crippen molar-refractivity contribution in [2.45, 2.75) is 11.3 Å². The Kier molecular flexibility index (Phi) is 5.39. The number of hydrogen-bond acceptors (Lipinski definition) is 6. The van der Waals surface area contributed by atoms with Gasteiger partial charge in [0.1, 0.15) is 0 Å². The van der Waals surface area contributed by atoms with Gasteiger partial charge in [0.05, 0.1) is 23.8 Å². The normalized spacial score (nSPS) is 16.0. The van der Waals surface area contributed by atoms with Gasteiger partial charge in [0.25, 0.3) is 0 Å². The Labute approximate surface area is 141 Å². The molecule has 0 saturated carbocycles. The minimum Gasteiger partial charge on any atom is -0.385 e. The summed E-state index contributed by atoms with van der Waals surface area (Å²) in [6, 6.07) is 6.83. The van der Waals surface area contributed by atoms with Crippen molar-refractivity contribution in [3.8, 4) is 0 Å². The number of rotatable bonds is 6. The molecule has 3 rings (SSSR count). The van der Waals surface area contributed by atoms with Crippen molar-refractivity contribution in [2.24, 2.45) is 0 Å². The zero-order valence-electron chi connectivity index (χ0n) is 13.3. The Morgan fingerprint density at radius 1 is 1.12 bits per heavy atom. The van der Waals surface area contributed by atoms with Crippen molar-refractivity contribution in [1.82, 2.24) is 14.3 Å². The Hall–Kier alpha value is -2.03. The number of nitrogens with zero attached hydrogens (tertiary/aromatic N) is 3. The maximum atomic E-state index is 12.5. The van der Waals surface area contributed by atoms with Crippen molar-refractivity contribution in [3.05, 3.63) is 48.5 Å². The molecule has 0 amide bonds. The Balaban J connectivity index is 1.58. The Bertz CT molecular complexity index is 745. The summed E-state index contributed by atoms with van der Waals surface area (Å²) < 4.78 is 31.7. The van der Waals surface area contributed by atoms with E-state index in [4.69, 9.17) is 4.74 Å². The van der Waals surface area contributed by atoms with E-state index in [-0.39, 0.29) is 0 Å². The highest BCUT2D eigenvalue weighted by molar-refractivity contribution is 7.89. The summed E-state index contributed by atoms with van der Waals surface area (Å²) in [5, 5.41) is 3.26. The maximum Gasteiger partial charge on any atom is 0.243 e. The molecule has 0 spiro atoms. The molecule has 0 unspecified atom stereocenters. The highest BCUT2D eigenvalue weighted by Gasteiger charge is 2.25. The molecule has 0 bridgehead atoms. The van der Waals surface area contributed by atoms with Gasteiger partial charge in [0, 0.05) is 50.3 Å². The van der Waals surface area contributed by atoms with Crippen LogP contribution in [0.15, 0.2) is 47.8 Å². The third-order valence-electron chi connectivity index (χ3n) is 3.79. The third kappa shape index (κ3) is 4.08. The molecule has 128 valence electrons. The van der Waals surface area contributed by atoms with Crippen molar-refractivity contribution in [3.63, 3.8) is 0 Å². The van der Waals surface area contributed by atoms with E-state index in [2.05, 4.69) is 15.3 Å². The van der Waals surface area contributed by atoms with E-state index in [1.165, 1.54) is 4.31 Å². The van der Waals surface area contributed by atoms with Gasteiger partial charge in [-0.3, -0.25) is 9.97 Å². The molecule has 1 aromatic carbocycles. The second-order valence-corrected chi connectivity index (χ2v) is 7.35. The third-order valence-corrected chi connectivity index (χ3v) is 5.70. The minimum atomic E-state index is -3.43. The number of sulfonamides is 1. The predicted octanol–water partition coefficient (Wildman–Crippen LogP) is 1.15. The lowest BCUT2D eigenvalue weighted by molar-refractivity contribution is 0.0730. The van der Waals surface area contributed by atoms with E-state index in [0.717, 1.165) is 17.8 Å². The molecule has 1 fully saturated rings. The second kappa shape index (κ2) is 7.69. The lowest BCUT2D eigenvalue weighted by Crippen LogP contribution is -2.40. The zero-order valence-corrected chi connectivity index (χ0v) is 14.1. The first kappa shape index (κ1) is 16.8. The maximum absolute atomic E-state index is 12.5. The molecule has 1 aliphatic rings. The van der Waals surface area contributed by atoms with Crippen molar-refractivity contribution in [1.29, 1.82) is 0 Å². The molecule has 1 aromatic heterocycles. The first-order chi connectivity index (χ1) is 11.7. The fourth-order valence-corrected chi connectivity index (χ4v) is 3.88. The second-order valence-electron chi connectivity index (χ2n) is 5.41. The van der Waals surface area contributed by atoms with E-state index in [0.29, 0.717) is 37.7 Å². The fourth-order valence-electron chi connectivity index (χ4n) is 2.47. The molecule has 1 saturated heterocycles. The van der Waals surface area contributed by atoms with Crippen LogP contribution in [0.4, 0.5) is 5.69 Å². The van der Waals surface area contributed by atoms with Crippen molar-refractivity contribution in [2.75, 3.05) is 38.2 Å². The van der Waals surface area contributed by atoms with Crippen LogP contribution in [0.3, 0.4) is 0 Å². The Morgan fingerprint density at radius 2 is 1.88 bits per heavy atom. The number of ether oxygens (including phenoxy) is 1. The summed E-state index contributed by atoms with van der Waals surface area (Å²) in [4.78, 5) is 8.54. The van der Waals surface area contributed by atoms with E-state index in [9.17, 15) is 8.42 Å². The zero-order chi connectivity index (χ0) is 16.8. The Morgan fingerprint density at radius 3 is 2.54 bits per heavy atom. The highest BCUT2D eigenvalue weighted by Crippen LogP contribution is 2.19. The first-order valence-electron chi connectivity index (χ1n) is 7.83. The summed E-state index contributed by atoms with van der Waals surface area (Å²) in [5.74, 6) is 0. The lowest BCUT2D eigenvalue weighted by Gasteiger charge is -2.26. The van der Waals surface area contributed by atoms with E-state index < -0.39 is 10.0 Å². The summed E-state index contributed by atoms with van der Waals surface area (Å²) in [7, 11) is -3.43. The predicted molar refractivity (Wildman–Crippen MR) is 90.2 cm³/mol. The average Bonchev–Trinajstić information content (AvgIpc) is 2.64. The smallest absolute Gasteiger partial charge is 0.243 e. The van der Waals surface area contributed by atoms with Gasteiger partial charge < -0.3 is 10.1 Å². The van der Waals surface area contributed by atoms with Gasteiger partial charge in [-0.2, -0.15) is 4.31 Å². The van der Waals surface area contributed by atoms with Gasteiger partial charge in [0.2, 0.25) is 10.0 Å². The number of anilines is 1. The minimum absolute atomic E-state index is 0.309. The van der Waals surface area contributed by atoms with Crippen LogP contribution in [0, 0.1) is 0 Å². The van der Waals surface area contributed by atoms with Crippen LogP contribution in [0.1, 0.15) is 5.69 Å². The first-order valence-corrected chi connectivity index (χ1v) is 9.27. The van der Waals surface area contributed by atoms with Crippen molar-refractivity contribution >= 4 is 15.7 Å². The topological polar surface area (TPSA) is 84.4 Å². The summed E-state index contributed by atoms with van der Waals surface area (Å²) in [5.41, 5.74) is 1.79. The van der Waals surface area contributed by atoms with Gasteiger partial charge >= 0.3 is 0 Å². The largest absolute Gasteiger partial charge is 0.385 e. The van der Waals surface area contributed by atoms with Crippen LogP contribution in [-0.4, -0.2) is 55.5 Å². The van der Waals surface area contributed by atoms with Crippen molar-refractivity contribution < 1.29 is 13.2 Å². The van der Waals surface area contributed by atoms with E-state index in [1.807, 2.05) is 0 Å². The lowest BCUT2D eigenvalue weighted by atomic mass is 10.3. The monoisotopic (exact) mass is 348 g/mol. The number of benzene rings is 1. The molecule has 2 heterocycles. The molecule has 1 N–H and O–H groups in total. The molecule has 8 heteroatoms. The molecule has 2 aromatic rings. The summed E-state index contributed by atoms with van der Waals surface area (Å²) in [6.07, 6.45) is 5.80. The van der Waals surface area contributed by atoms with Gasteiger partial charge in [-0.1, -0.05) is 0 Å². The molecule has 0 radical (unpaired) electrons. The van der Waals surface area contributed by atoms with Crippen LogP contribution in [0.2, 0.25) is 0 Å². The summed E-state index contributed by atoms with van der Waals surface area (Å²) >= 11 is 0. The highest BCUT2D eigenvalue weighted by atomic mass is 32.2. The van der Waals surface area contributed by atoms with Crippen LogP contribution in [0.25, 0.3) is 0 Å². The SMILES string of the molecule is O=S(=O)(c1ccc(NCCc2cnccn2)cc1)N1CCOCC1. The number of hydrogen-bond donors (Lipinski definition) is 1. The van der Waals surface area contributed by atoms with E-state index >= 15 is 0 Å². The van der Waals surface area contributed by atoms with E-state index in [1.54, 1.807) is 42.9 Å². The van der Waals surface area contributed by atoms with Gasteiger partial charge in [-0.05, 0) is 24.3 Å². The van der Waals surface area contributed by atoms with Gasteiger partial charge in [-0.25, -0.2) is 8.42 Å². The molecule has 7 nitrogen and oxygen atoms in total. The van der Waals surface area contributed by atoms with Crippen LogP contribution in [-0.2, 0) is 21.2 Å². The number of aromatic nitrogens is 2. The van der Waals surface area contributed by atoms with Crippen LogP contribution < -0.4 is 5.32 Å². The molecular weight excluding hydrogens is 328 g/mol. The molecule has 0 aliphatic carbocycles. The van der Waals surface area contributed by atoms with Crippen LogP contribution in [0.5, 0.6) is 0 Å². The number of morpholine rings is 1. The molecular formula is C16H20N4O3S. The van der Waals surface area contributed by atoms with Gasteiger partial charge in [-0.15, -0.1) is 0 Å². The number of nitrogens with one attached hydrogen (secondary N) is 1. The molecule has 24 heavy (non-hydrogen) atoms. The average molecular weight is 348 g/mol. The summed E-state index contributed by atoms with van der Waals surface area (Å²) in [6.45, 7) is 2.40. The standard InChI is InChI=1S/C16H20N4O3S/c21-24(22,20-9-11-23-12-10-20)16-3-1-14(2-4-16)18-6-5-15-13-17-7-8-19-15/h1-4,7-8,13,18H,5-6,9-12H2. The van der Waals surface area contributed by atoms with Crippen LogP contribution >= 0.6 is 0 Å². The quantitative estimate of drug-likeness (QED) is 0.843.